The van der Waals surface area contributed by atoms with E-state index in [1.807, 2.05) is 12.1 Å². The van der Waals surface area contributed by atoms with Crippen molar-refractivity contribution in [1.82, 2.24) is 10.6 Å². The number of aliphatic imine (C=N–C) groups is 1. The lowest BCUT2D eigenvalue weighted by Crippen LogP contribution is -2.39. The summed E-state index contributed by atoms with van der Waals surface area (Å²) < 4.78 is 45.4. The number of alkyl halides is 3. The van der Waals surface area contributed by atoms with Gasteiger partial charge in [-0.15, -0.1) is 37.1 Å². The first-order valence-corrected chi connectivity index (χ1v) is 7.78. The van der Waals surface area contributed by atoms with E-state index in [1.165, 1.54) is 12.1 Å². The zero-order valence-electron chi connectivity index (χ0n) is 14.2. The Labute approximate surface area is 167 Å². The van der Waals surface area contributed by atoms with Crippen LogP contribution in [0.4, 0.5) is 13.2 Å². The first kappa shape index (κ1) is 22.1. The predicted octanol–water partition coefficient (Wildman–Crippen LogP) is 3.75. The zero-order chi connectivity index (χ0) is 18.1. The summed E-state index contributed by atoms with van der Waals surface area (Å²) in [6, 6.07) is 9.57. The SMILES string of the molecule is CN=C(NCCc1ccc(OC(F)(F)F)cc1)NCCc1ccco1.I. The third kappa shape index (κ3) is 8.45. The zero-order valence-corrected chi connectivity index (χ0v) is 16.5. The molecule has 1 aromatic carbocycles. The predicted molar refractivity (Wildman–Crippen MR) is 104 cm³/mol. The minimum absolute atomic E-state index is 0. The van der Waals surface area contributed by atoms with Crippen LogP contribution in [0.1, 0.15) is 11.3 Å². The molecule has 0 aliphatic rings. The van der Waals surface area contributed by atoms with Crippen LogP contribution in [0.25, 0.3) is 0 Å². The van der Waals surface area contributed by atoms with Crippen molar-refractivity contribution < 1.29 is 22.3 Å². The maximum atomic E-state index is 12.1. The Kier molecular flexibility index (Phi) is 9.31. The molecular weight excluding hydrogens is 462 g/mol. The number of nitrogens with zero attached hydrogens (tertiary/aromatic N) is 1. The standard InChI is InChI=1S/C17H20F3N3O2.HI/c1-21-16(23-11-9-14-3-2-12-24-14)22-10-8-13-4-6-15(7-5-13)25-17(18,19)20;/h2-7,12H,8-11H2,1H3,(H2,21,22,23);1H. The normalized spacial score (nSPS) is 11.6. The molecule has 0 amide bonds. The molecular formula is C17H21F3IN3O2. The van der Waals surface area contributed by atoms with E-state index >= 15 is 0 Å². The van der Waals surface area contributed by atoms with Gasteiger partial charge in [-0.3, -0.25) is 4.99 Å². The largest absolute Gasteiger partial charge is 0.573 e. The number of hydrogen-bond acceptors (Lipinski definition) is 3. The second kappa shape index (κ2) is 10.9. The van der Waals surface area contributed by atoms with Crippen molar-refractivity contribution in [3.8, 4) is 5.75 Å². The third-order valence-corrected chi connectivity index (χ3v) is 3.33. The van der Waals surface area contributed by atoms with E-state index in [9.17, 15) is 13.2 Å². The molecule has 0 aliphatic heterocycles. The molecule has 0 bridgehead atoms. The Morgan fingerprint density at radius 3 is 2.27 bits per heavy atom. The third-order valence-electron chi connectivity index (χ3n) is 3.33. The van der Waals surface area contributed by atoms with E-state index < -0.39 is 6.36 Å². The van der Waals surface area contributed by atoms with E-state index in [2.05, 4.69) is 20.4 Å². The van der Waals surface area contributed by atoms with Gasteiger partial charge in [-0.1, -0.05) is 12.1 Å². The van der Waals surface area contributed by atoms with Crippen LogP contribution in [0, 0.1) is 0 Å². The lowest BCUT2D eigenvalue weighted by molar-refractivity contribution is -0.274. The summed E-state index contributed by atoms with van der Waals surface area (Å²) in [7, 11) is 1.67. The van der Waals surface area contributed by atoms with Gasteiger partial charge in [-0.2, -0.15) is 0 Å². The first-order valence-electron chi connectivity index (χ1n) is 7.78. The van der Waals surface area contributed by atoms with E-state index in [0.717, 1.165) is 17.7 Å². The topological polar surface area (TPSA) is 58.8 Å². The molecule has 9 heteroatoms. The molecule has 0 aliphatic carbocycles. The summed E-state index contributed by atoms with van der Waals surface area (Å²) >= 11 is 0. The highest BCUT2D eigenvalue weighted by atomic mass is 127. The highest BCUT2D eigenvalue weighted by Gasteiger charge is 2.30. The number of halogens is 4. The molecule has 26 heavy (non-hydrogen) atoms. The highest BCUT2D eigenvalue weighted by molar-refractivity contribution is 14.0. The van der Waals surface area contributed by atoms with Gasteiger partial charge in [-0.25, -0.2) is 0 Å². The van der Waals surface area contributed by atoms with Crippen LogP contribution >= 0.6 is 24.0 Å². The van der Waals surface area contributed by atoms with Gasteiger partial charge in [0.2, 0.25) is 0 Å². The van der Waals surface area contributed by atoms with E-state index in [0.29, 0.717) is 25.5 Å². The minimum atomic E-state index is -4.67. The van der Waals surface area contributed by atoms with Gasteiger partial charge in [-0.05, 0) is 36.2 Å². The number of rotatable bonds is 7. The van der Waals surface area contributed by atoms with Crippen LogP contribution in [-0.2, 0) is 12.8 Å². The Bertz CT molecular complexity index is 659. The second-order valence-electron chi connectivity index (χ2n) is 5.20. The lowest BCUT2D eigenvalue weighted by atomic mass is 10.1. The number of hydrogen-bond donors (Lipinski definition) is 2. The molecule has 2 rings (SSSR count). The quantitative estimate of drug-likeness (QED) is 0.358. The Morgan fingerprint density at radius 2 is 1.73 bits per heavy atom. The summed E-state index contributed by atoms with van der Waals surface area (Å²) in [4.78, 5) is 4.11. The summed E-state index contributed by atoms with van der Waals surface area (Å²) in [6.45, 7) is 1.27. The van der Waals surface area contributed by atoms with Gasteiger partial charge in [0.05, 0.1) is 6.26 Å². The van der Waals surface area contributed by atoms with Crippen molar-refractivity contribution in [1.29, 1.82) is 0 Å². The van der Waals surface area contributed by atoms with Crippen LogP contribution in [0.3, 0.4) is 0 Å². The van der Waals surface area contributed by atoms with Crippen LogP contribution in [0.2, 0.25) is 0 Å². The van der Waals surface area contributed by atoms with Gasteiger partial charge in [0.25, 0.3) is 0 Å². The molecule has 1 heterocycles. The van der Waals surface area contributed by atoms with Crippen molar-refractivity contribution in [3.63, 3.8) is 0 Å². The van der Waals surface area contributed by atoms with Crippen molar-refractivity contribution in [2.75, 3.05) is 20.1 Å². The van der Waals surface area contributed by atoms with Crippen molar-refractivity contribution in [2.45, 2.75) is 19.2 Å². The lowest BCUT2D eigenvalue weighted by Gasteiger charge is -2.12. The summed E-state index contributed by atoms with van der Waals surface area (Å²) in [5.41, 5.74) is 0.896. The maximum Gasteiger partial charge on any atom is 0.573 e. The van der Waals surface area contributed by atoms with E-state index in [-0.39, 0.29) is 29.7 Å². The number of guanidine groups is 1. The fraction of sp³-hybridized carbons (Fsp3) is 0.353. The molecule has 0 atom stereocenters. The first-order chi connectivity index (χ1) is 12.0. The molecule has 144 valence electrons. The van der Waals surface area contributed by atoms with E-state index in [4.69, 9.17) is 4.42 Å². The average Bonchev–Trinajstić information content (AvgIpc) is 3.07. The van der Waals surface area contributed by atoms with Crippen LogP contribution in [0.15, 0.2) is 52.1 Å². The van der Waals surface area contributed by atoms with Crippen molar-refractivity contribution in [2.24, 2.45) is 4.99 Å². The van der Waals surface area contributed by atoms with Gasteiger partial charge in [0.15, 0.2) is 5.96 Å². The average molecular weight is 483 g/mol. The minimum Gasteiger partial charge on any atom is -0.469 e. The molecule has 0 saturated carbocycles. The molecule has 0 spiro atoms. The second-order valence-corrected chi connectivity index (χ2v) is 5.20. The molecule has 0 fully saturated rings. The number of benzene rings is 1. The van der Waals surface area contributed by atoms with Gasteiger partial charge >= 0.3 is 6.36 Å². The number of ether oxygens (including phenoxy) is 1. The van der Waals surface area contributed by atoms with Crippen molar-refractivity contribution >= 4 is 29.9 Å². The molecule has 5 nitrogen and oxygen atoms in total. The Morgan fingerprint density at radius 1 is 1.08 bits per heavy atom. The number of nitrogens with one attached hydrogen (secondary N) is 2. The monoisotopic (exact) mass is 483 g/mol. The fourth-order valence-corrected chi connectivity index (χ4v) is 2.16. The maximum absolute atomic E-state index is 12.1. The molecule has 0 unspecified atom stereocenters. The molecule has 2 N–H and O–H groups in total. The molecule has 2 aromatic rings. The van der Waals surface area contributed by atoms with E-state index in [1.54, 1.807) is 25.4 Å². The highest BCUT2D eigenvalue weighted by Crippen LogP contribution is 2.22. The Hall–Kier alpha value is -1.91. The molecule has 1 aromatic heterocycles. The smallest absolute Gasteiger partial charge is 0.469 e. The van der Waals surface area contributed by atoms with Gasteiger partial charge in [0, 0.05) is 26.6 Å². The van der Waals surface area contributed by atoms with Gasteiger partial charge in [0.1, 0.15) is 11.5 Å². The van der Waals surface area contributed by atoms with Crippen LogP contribution < -0.4 is 15.4 Å². The Balaban J connectivity index is 0.00000338. The molecule has 0 radical (unpaired) electrons. The summed E-state index contributed by atoms with van der Waals surface area (Å²) in [5.74, 6) is 1.33. The summed E-state index contributed by atoms with van der Waals surface area (Å²) in [6.07, 6.45) is -1.65. The van der Waals surface area contributed by atoms with Crippen LogP contribution in [-0.4, -0.2) is 32.5 Å². The molecule has 0 saturated heterocycles. The van der Waals surface area contributed by atoms with Crippen LogP contribution in [0.5, 0.6) is 5.75 Å². The summed E-state index contributed by atoms with van der Waals surface area (Å²) in [5, 5.41) is 6.31. The number of furan rings is 1. The fourth-order valence-electron chi connectivity index (χ4n) is 2.16. The van der Waals surface area contributed by atoms with Crippen molar-refractivity contribution in [3.05, 3.63) is 54.0 Å². The van der Waals surface area contributed by atoms with Gasteiger partial charge < -0.3 is 19.8 Å².